The largest absolute Gasteiger partial charge is 0.416 e. The average molecular weight is 432 g/mol. The number of pyridine rings is 1. The van der Waals surface area contributed by atoms with Gasteiger partial charge in [0.15, 0.2) is 0 Å². The van der Waals surface area contributed by atoms with E-state index in [1.807, 2.05) is 0 Å². The molecule has 1 atom stereocenters. The van der Waals surface area contributed by atoms with E-state index in [1.165, 1.54) is 0 Å². The van der Waals surface area contributed by atoms with E-state index >= 15 is 0 Å². The van der Waals surface area contributed by atoms with Crippen molar-refractivity contribution in [2.24, 2.45) is 0 Å². The molecule has 0 bridgehead atoms. The van der Waals surface area contributed by atoms with Crippen LogP contribution < -0.4 is 10.2 Å². The highest BCUT2D eigenvalue weighted by Gasteiger charge is 2.38. The Morgan fingerprint density at radius 1 is 1.23 bits per heavy atom. The summed E-state index contributed by atoms with van der Waals surface area (Å²) in [7, 11) is 0. The third-order valence-electron chi connectivity index (χ3n) is 5.92. The summed E-state index contributed by atoms with van der Waals surface area (Å²) >= 11 is 0. The highest BCUT2D eigenvalue weighted by molar-refractivity contribution is 5.56. The van der Waals surface area contributed by atoms with Crippen molar-refractivity contribution in [2.45, 2.75) is 50.2 Å². The Balaban J connectivity index is 1.74. The van der Waals surface area contributed by atoms with Crippen LogP contribution in [-0.4, -0.2) is 40.8 Å². The molecule has 2 aliphatic heterocycles. The average Bonchev–Trinajstić information content (AvgIpc) is 3.19. The standard InChI is InChI=1S/C21H23F3N6O/c1-14-3-2-8-30(14)19-27-16(20(13-25)5-9-31-10-6-20)12-18(29-19)28-17-11-15(4-7-26-17)21(22,23)24/h4,7,11-12,14H,2-3,5-6,8-10H2,1H3,(H,26,27,28,29)/t14-/m1/s1. The first kappa shape index (κ1) is 21.3. The number of nitrogens with one attached hydrogen (secondary N) is 1. The Bertz CT molecular complexity index is 984. The van der Waals surface area contributed by atoms with Crippen LogP contribution in [0.4, 0.5) is 30.8 Å². The molecular formula is C21H23F3N6O. The van der Waals surface area contributed by atoms with Crippen LogP contribution in [0.25, 0.3) is 0 Å². The van der Waals surface area contributed by atoms with Gasteiger partial charge >= 0.3 is 6.18 Å². The minimum atomic E-state index is -4.47. The van der Waals surface area contributed by atoms with Gasteiger partial charge < -0.3 is 15.0 Å². The Morgan fingerprint density at radius 2 is 2.00 bits per heavy atom. The SMILES string of the molecule is C[C@@H]1CCCN1c1nc(Nc2cc(C(F)(F)F)ccn2)cc(C2(C#N)CCOCC2)n1. The second kappa shape index (κ2) is 8.30. The molecule has 0 saturated carbocycles. The van der Waals surface area contributed by atoms with E-state index in [0.29, 0.717) is 43.5 Å². The molecule has 10 heteroatoms. The second-order valence-corrected chi connectivity index (χ2v) is 7.98. The van der Waals surface area contributed by atoms with Crippen molar-refractivity contribution in [1.82, 2.24) is 15.0 Å². The molecule has 0 unspecified atom stereocenters. The summed E-state index contributed by atoms with van der Waals surface area (Å²) in [6.45, 7) is 3.77. The van der Waals surface area contributed by atoms with Crippen LogP contribution in [0.15, 0.2) is 24.4 Å². The molecule has 0 radical (unpaired) electrons. The van der Waals surface area contributed by atoms with Gasteiger partial charge in [0.2, 0.25) is 5.95 Å². The zero-order valence-corrected chi connectivity index (χ0v) is 17.1. The Kier molecular flexibility index (Phi) is 5.71. The van der Waals surface area contributed by atoms with Crippen molar-refractivity contribution < 1.29 is 17.9 Å². The topological polar surface area (TPSA) is 87.0 Å². The number of alkyl halides is 3. The fraction of sp³-hybridized carbons (Fsp3) is 0.524. The number of aromatic nitrogens is 3. The van der Waals surface area contributed by atoms with Gasteiger partial charge in [0, 0.05) is 38.1 Å². The molecule has 0 aliphatic carbocycles. The van der Waals surface area contributed by atoms with E-state index in [2.05, 4.69) is 33.2 Å². The van der Waals surface area contributed by atoms with Crippen LogP contribution in [0.5, 0.6) is 0 Å². The molecule has 164 valence electrons. The van der Waals surface area contributed by atoms with Crippen LogP contribution in [0.3, 0.4) is 0 Å². The number of nitriles is 1. The molecule has 0 aromatic carbocycles. The smallest absolute Gasteiger partial charge is 0.381 e. The number of rotatable bonds is 4. The first-order chi connectivity index (χ1) is 14.8. The highest BCUT2D eigenvalue weighted by Crippen LogP contribution is 2.36. The summed E-state index contributed by atoms with van der Waals surface area (Å²) in [5.41, 5.74) is -1.07. The van der Waals surface area contributed by atoms with Crippen LogP contribution >= 0.6 is 0 Å². The van der Waals surface area contributed by atoms with E-state index in [4.69, 9.17) is 9.72 Å². The van der Waals surface area contributed by atoms with Crippen molar-refractivity contribution in [3.8, 4) is 6.07 Å². The lowest BCUT2D eigenvalue weighted by Gasteiger charge is -2.31. The maximum absolute atomic E-state index is 13.1. The monoisotopic (exact) mass is 432 g/mol. The van der Waals surface area contributed by atoms with Gasteiger partial charge in [-0.3, -0.25) is 0 Å². The summed E-state index contributed by atoms with van der Waals surface area (Å²) in [6, 6.07) is 6.14. The van der Waals surface area contributed by atoms with E-state index < -0.39 is 17.2 Å². The molecule has 4 heterocycles. The Morgan fingerprint density at radius 3 is 2.65 bits per heavy atom. The molecule has 2 aromatic rings. The molecule has 1 N–H and O–H groups in total. The third kappa shape index (κ3) is 4.42. The second-order valence-electron chi connectivity index (χ2n) is 7.98. The van der Waals surface area contributed by atoms with Gasteiger partial charge in [-0.05, 0) is 44.7 Å². The van der Waals surface area contributed by atoms with Crippen molar-refractivity contribution in [1.29, 1.82) is 5.26 Å². The minimum absolute atomic E-state index is 0.0258. The molecule has 2 saturated heterocycles. The Hall–Kier alpha value is -2.93. The van der Waals surface area contributed by atoms with Crippen LogP contribution in [0.1, 0.15) is 43.9 Å². The van der Waals surface area contributed by atoms with E-state index in [-0.39, 0.29) is 11.9 Å². The summed E-state index contributed by atoms with van der Waals surface area (Å²) in [4.78, 5) is 15.4. The number of anilines is 3. The zero-order valence-electron chi connectivity index (χ0n) is 17.1. The van der Waals surface area contributed by atoms with E-state index in [1.54, 1.807) is 6.07 Å². The summed E-state index contributed by atoms with van der Waals surface area (Å²) in [5, 5.41) is 12.9. The van der Waals surface area contributed by atoms with Gasteiger partial charge in [-0.2, -0.15) is 23.4 Å². The summed E-state index contributed by atoms with van der Waals surface area (Å²) < 4.78 is 44.7. The van der Waals surface area contributed by atoms with E-state index in [9.17, 15) is 18.4 Å². The van der Waals surface area contributed by atoms with Crippen LogP contribution in [0, 0.1) is 11.3 Å². The van der Waals surface area contributed by atoms with Gasteiger partial charge in [0.05, 0.1) is 17.3 Å². The maximum Gasteiger partial charge on any atom is 0.416 e. The van der Waals surface area contributed by atoms with Gasteiger partial charge in [-0.1, -0.05) is 0 Å². The Labute approximate surface area is 178 Å². The van der Waals surface area contributed by atoms with Gasteiger partial charge in [-0.15, -0.1) is 0 Å². The lowest BCUT2D eigenvalue weighted by atomic mass is 9.78. The predicted octanol–water partition coefficient (Wildman–Crippen LogP) is 4.19. The molecule has 2 aliphatic rings. The molecule has 0 amide bonds. The van der Waals surface area contributed by atoms with Crippen LogP contribution in [0.2, 0.25) is 0 Å². The normalized spacial score (nSPS) is 21.0. The number of halogens is 3. The zero-order chi connectivity index (χ0) is 22.1. The van der Waals surface area contributed by atoms with Crippen molar-refractivity contribution in [3.63, 3.8) is 0 Å². The molecule has 31 heavy (non-hydrogen) atoms. The molecule has 2 aromatic heterocycles. The lowest BCUT2D eigenvalue weighted by molar-refractivity contribution is -0.137. The fourth-order valence-electron chi connectivity index (χ4n) is 4.05. The van der Waals surface area contributed by atoms with Crippen LogP contribution in [-0.2, 0) is 16.3 Å². The first-order valence-electron chi connectivity index (χ1n) is 10.3. The summed E-state index contributed by atoms with van der Waals surface area (Å²) in [6.07, 6.45) is -0.370. The van der Waals surface area contributed by atoms with Crippen molar-refractivity contribution in [2.75, 3.05) is 30.0 Å². The van der Waals surface area contributed by atoms with Crippen molar-refractivity contribution >= 4 is 17.6 Å². The molecule has 0 spiro atoms. The van der Waals surface area contributed by atoms with E-state index in [0.717, 1.165) is 37.7 Å². The highest BCUT2D eigenvalue weighted by atomic mass is 19.4. The lowest BCUT2D eigenvalue weighted by Crippen LogP contribution is -2.35. The summed E-state index contributed by atoms with van der Waals surface area (Å²) in [5.74, 6) is 0.808. The quantitative estimate of drug-likeness (QED) is 0.775. The van der Waals surface area contributed by atoms with Gasteiger partial charge in [-0.25, -0.2) is 9.97 Å². The van der Waals surface area contributed by atoms with Crippen molar-refractivity contribution in [3.05, 3.63) is 35.7 Å². The molecule has 7 nitrogen and oxygen atoms in total. The van der Waals surface area contributed by atoms with Gasteiger partial charge in [0.1, 0.15) is 17.1 Å². The number of hydrogen-bond donors (Lipinski definition) is 1. The maximum atomic E-state index is 13.1. The number of nitrogens with zero attached hydrogens (tertiary/aromatic N) is 5. The predicted molar refractivity (Wildman–Crippen MR) is 108 cm³/mol. The fourth-order valence-corrected chi connectivity index (χ4v) is 4.05. The molecule has 4 rings (SSSR count). The number of hydrogen-bond acceptors (Lipinski definition) is 7. The van der Waals surface area contributed by atoms with Gasteiger partial charge in [0.25, 0.3) is 0 Å². The number of ether oxygens (including phenoxy) is 1. The minimum Gasteiger partial charge on any atom is -0.381 e. The first-order valence-corrected chi connectivity index (χ1v) is 10.3. The third-order valence-corrected chi connectivity index (χ3v) is 5.92. The molecular weight excluding hydrogens is 409 g/mol. The molecule has 2 fully saturated rings.